The lowest BCUT2D eigenvalue weighted by Crippen LogP contribution is -2.53. The van der Waals surface area contributed by atoms with Crippen molar-refractivity contribution in [2.75, 3.05) is 9.80 Å². The molecule has 0 aliphatic carbocycles. The number of benzene rings is 14. The van der Waals surface area contributed by atoms with Gasteiger partial charge in [0.2, 0.25) is 13.4 Å². The molecular formula is C82H58B2N2. The molecule has 14 aromatic carbocycles. The molecule has 4 aliphatic heterocycles. The molecule has 4 aliphatic rings. The molecule has 4 heterocycles. The number of para-hydroxylation sites is 4. The van der Waals surface area contributed by atoms with Gasteiger partial charge in [-0.25, -0.2) is 0 Å². The van der Waals surface area contributed by atoms with E-state index in [4.69, 9.17) is 0 Å². The van der Waals surface area contributed by atoms with Crippen LogP contribution in [-0.2, 0) is 0 Å². The number of fused-ring (bicyclic) bond motifs is 10. The Labute approximate surface area is 503 Å². The Morgan fingerprint density at radius 2 is 0.593 bits per heavy atom. The molecule has 14 aromatic rings. The molecule has 0 bridgehead atoms. The van der Waals surface area contributed by atoms with Crippen molar-refractivity contribution in [1.29, 1.82) is 0 Å². The number of hydrogen-bond donors (Lipinski definition) is 0. The molecule has 4 heteroatoms. The van der Waals surface area contributed by atoms with E-state index in [0.29, 0.717) is 0 Å². The largest absolute Gasteiger partial charge is 0.310 e. The summed E-state index contributed by atoms with van der Waals surface area (Å²) in [6, 6.07) is 92.8. The Morgan fingerprint density at radius 1 is 0.233 bits per heavy atom. The van der Waals surface area contributed by atoms with Crippen molar-refractivity contribution in [3.63, 3.8) is 0 Å². The summed E-state index contributed by atoms with van der Waals surface area (Å²) in [5.41, 5.74) is 38.9. The first-order chi connectivity index (χ1) is 42.2. The second-order valence-electron chi connectivity index (χ2n) is 25.0. The van der Waals surface area contributed by atoms with Crippen LogP contribution < -0.4 is 42.6 Å². The Morgan fingerprint density at radius 3 is 1.05 bits per heavy atom. The number of nitrogens with zero attached hydrogens (tertiary/aromatic N) is 2. The quantitative estimate of drug-likeness (QED) is 0.111. The molecule has 0 fully saturated rings. The highest BCUT2D eigenvalue weighted by molar-refractivity contribution is 7.03. The topological polar surface area (TPSA) is 6.48 Å². The molecule has 0 aromatic heterocycles. The molecule has 0 atom stereocenters. The van der Waals surface area contributed by atoms with E-state index < -0.39 is 0 Å². The number of rotatable bonds is 8. The van der Waals surface area contributed by atoms with Crippen molar-refractivity contribution in [2.24, 2.45) is 0 Å². The Kier molecular flexibility index (Phi) is 10.4. The maximum Gasteiger partial charge on any atom is 0.244 e. The lowest BCUT2D eigenvalue weighted by atomic mass is 9.34. The summed E-state index contributed by atoms with van der Waals surface area (Å²) in [4.78, 5) is 4.89. The zero-order chi connectivity index (χ0) is 57.4. The van der Waals surface area contributed by atoms with Gasteiger partial charge in [0.25, 0.3) is 0 Å². The second-order valence-corrected chi connectivity index (χ2v) is 25.0. The van der Waals surface area contributed by atoms with Gasteiger partial charge in [-0.05, 0) is 253 Å². The summed E-state index contributed by atoms with van der Waals surface area (Å²) < 4.78 is 0. The van der Waals surface area contributed by atoms with Gasteiger partial charge in [0.15, 0.2) is 0 Å². The van der Waals surface area contributed by atoms with Crippen molar-refractivity contribution < 1.29 is 0 Å². The molecule has 0 unspecified atom stereocenters. The summed E-state index contributed by atoms with van der Waals surface area (Å²) in [6.45, 7) is 13.9. The minimum absolute atomic E-state index is 0.0207. The number of hydrogen-bond acceptors (Lipinski definition) is 2. The maximum atomic E-state index is 2.70. The normalized spacial score (nSPS) is 12.7. The van der Waals surface area contributed by atoms with Gasteiger partial charge in [-0.3, -0.25) is 0 Å². The standard InChI is InChI=1S/C82H58B2N2/c1-47-33-35-71-59(37-47)69-41-58(86(55-29-15-9-16-30-55)56-31-17-10-18-32-56)42-70-64-44-62(76-51(5)23-20-24-52(76)6)66-45-73-77-63(43-61(75-49(3)21-19-22-50(75)4)65-46-74(83(71)82(69)70)78(64)80(66)79(65)77)68-39-48(2)38-67-60-40-57(34-36-72(60)84(73)81(67)68)85(53-25-11-7-12-26-53)54-27-13-8-14-28-54/h7-46H,1-6H3. The van der Waals surface area contributed by atoms with Crippen molar-refractivity contribution in [2.45, 2.75) is 41.5 Å². The Balaban J connectivity index is 1.00. The molecule has 402 valence electrons. The molecule has 0 amide bonds. The minimum Gasteiger partial charge on any atom is -0.310 e. The molecule has 0 spiro atoms. The van der Waals surface area contributed by atoms with Gasteiger partial charge in [0, 0.05) is 34.1 Å². The second kappa shape index (κ2) is 18.2. The predicted octanol–water partition coefficient (Wildman–Crippen LogP) is 17.7. The Hall–Kier alpha value is -10.2. The van der Waals surface area contributed by atoms with Gasteiger partial charge in [0.1, 0.15) is 0 Å². The van der Waals surface area contributed by atoms with Crippen LogP contribution in [0.5, 0.6) is 0 Å². The third-order valence-electron chi connectivity index (χ3n) is 20.0. The van der Waals surface area contributed by atoms with Gasteiger partial charge in [-0.15, -0.1) is 0 Å². The summed E-state index contributed by atoms with van der Waals surface area (Å²) in [6.07, 6.45) is 0. The van der Waals surface area contributed by atoms with Crippen LogP contribution in [0.2, 0.25) is 0 Å². The molecule has 18 rings (SSSR count). The summed E-state index contributed by atoms with van der Waals surface area (Å²) >= 11 is 0. The average molecular weight is 1090 g/mol. The van der Waals surface area contributed by atoms with Crippen molar-refractivity contribution in [3.05, 3.63) is 276 Å². The molecule has 0 N–H and O–H groups in total. The molecule has 2 nitrogen and oxygen atoms in total. The molecular weight excluding hydrogens is 1030 g/mol. The summed E-state index contributed by atoms with van der Waals surface area (Å²) in [5, 5.41) is 8.21. The van der Waals surface area contributed by atoms with E-state index in [0.717, 1.165) is 34.1 Å². The highest BCUT2D eigenvalue weighted by Gasteiger charge is 2.46. The molecule has 0 saturated carbocycles. The van der Waals surface area contributed by atoms with E-state index in [-0.39, 0.29) is 13.4 Å². The summed E-state index contributed by atoms with van der Waals surface area (Å²) in [5.74, 6) is 0. The predicted molar refractivity (Wildman–Crippen MR) is 370 cm³/mol. The van der Waals surface area contributed by atoms with Crippen LogP contribution in [0, 0.1) is 41.5 Å². The highest BCUT2D eigenvalue weighted by Crippen LogP contribution is 2.53. The van der Waals surface area contributed by atoms with Gasteiger partial charge < -0.3 is 9.80 Å². The monoisotopic (exact) mass is 1090 g/mol. The first kappa shape index (κ1) is 49.3. The molecule has 86 heavy (non-hydrogen) atoms. The van der Waals surface area contributed by atoms with Gasteiger partial charge in [-0.1, -0.05) is 196 Å². The fourth-order valence-corrected chi connectivity index (χ4v) is 16.6. The SMILES string of the molecule is Cc1ccc2c(c1)-c1cc(N(c3ccccc3)c3ccccc3)cc3c1B2c1cc2c(-c4c(C)cccc4C)cc4c5c(cc6c(-c7c(C)cccc7C)cc-3c1c6c25)B1c2ccc(N(c3ccccc3)c3ccccc3)cc2-c2cc(C)cc-4c21. The van der Waals surface area contributed by atoms with Crippen LogP contribution in [0.15, 0.2) is 243 Å². The third kappa shape index (κ3) is 6.81. The lowest BCUT2D eigenvalue weighted by molar-refractivity contribution is 1.29. The van der Waals surface area contributed by atoms with Gasteiger partial charge in [-0.2, -0.15) is 0 Å². The zero-order valence-electron chi connectivity index (χ0n) is 49.1. The van der Waals surface area contributed by atoms with Crippen LogP contribution in [0.4, 0.5) is 34.1 Å². The fraction of sp³-hybridized carbons (Fsp3) is 0.0732. The first-order valence-corrected chi connectivity index (χ1v) is 30.5. The highest BCUT2D eigenvalue weighted by atomic mass is 15.1. The van der Waals surface area contributed by atoms with Crippen molar-refractivity contribution in [1.82, 2.24) is 0 Å². The number of anilines is 6. The third-order valence-corrected chi connectivity index (χ3v) is 20.0. The van der Waals surface area contributed by atoms with E-state index in [2.05, 4.69) is 294 Å². The van der Waals surface area contributed by atoms with Gasteiger partial charge in [0.05, 0.1) is 0 Å². The lowest BCUT2D eigenvalue weighted by Gasteiger charge is -2.34. The molecule has 0 radical (unpaired) electrons. The van der Waals surface area contributed by atoms with Crippen LogP contribution >= 0.6 is 0 Å². The van der Waals surface area contributed by atoms with E-state index in [1.807, 2.05) is 0 Å². The maximum absolute atomic E-state index is 2.70. The van der Waals surface area contributed by atoms with E-state index in [1.165, 1.54) is 165 Å². The van der Waals surface area contributed by atoms with Crippen molar-refractivity contribution >= 4 is 113 Å². The van der Waals surface area contributed by atoms with Crippen LogP contribution in [0.25, 0.3) is 99.1 Å². The fourth-order valence-electron chi connectivity index (χ4n) is 16.6. The van der Waals surface area contributed by atoms with E-state index in [9.17, 15) is 0 Å². The van der Waals surface area contributed by atoms with Crippen molar-refractivity contribution in [3.8, 4) is 66.8 Å². The summed E-state index contributed by atoms with van der Waals surface area (Å²) in [7, 11) is 0. The number of aryl methyl sites for hydroxylation is 6. The van der Waals surface area contributed by atoms with Crippen LogP contribution in [0.3, 0.4) is 0 Å². The van der Waals surface area contributed by atoms with Crippen LogP contribution in [-0.4, -0.2) is 13.4 Å². The molecule has 0 saturated heterocycles. The average Bonchev–Trinajstić information content (AvgIpc) is 1.55. The van der Waals surface area contributed by atoms with E-state index in [1.54, 1.807) is 0 Å². The van der Waals surface area contributed by atoms with Crippen LogP contribution in [0.1, 0.15) is 33.4 Å². The zero-order valence-corrected chi connectivity index (χ0v) is 49.1. The first-order valence-electron chi connectivity index (χ1n) is 30.5. The Bertz CT molecular complexity index is 5120. The smallest absolute Gasteiger partial charge is 0.244 e. The van der Waals surface area contributed by atoms with Gasteiger partial charge >= 0.3 is 0 Å². The minimum atomic E-state index is 0.0207. The van der Waals surface area contributed by atoms with E-state index >= 15 is 0 Å².